The molecule has 4 nitrogen and oxygen atoms in total. The fourth-order valence-electron chi connectivity index (χ4n) is 1.43. The van der Waals surface area contributed by atoms with Gasteiger partial charge in [0.1, 0.15) is 0 Å². The Balaban J connectivity index is 3.77. The average Bonchev–Trinajstić information content (AvgIpc) is 2.14. The summed E-state index contributed by atoms with van der Waals surface area (Å²) in [5, 5.41) is 18.1. The Morgan fingerprint density at radius 3 is 1.31 bits per heavy atom. The van der Waals surface area contributed by atoms with Crippen molar-refractivity contribution in [3.8, 4) is 0 Å². The number of hydrogen-bond acceptors (Lipinski definition) is 2. The van der Waals surface area contributed by atoms with Crippen LogP contribution >= 0.6 is 31.9 Å². The van der Waals surface area contributed by atoms with E-state index in [9.17, 15) is 9.59 Å². The van der Waals surface area contributed by atoms with Crippen molar-refractivity contribution in [2.24, 2.45) is 0 Å². The maximum Gasteiger partial charge on any atom is 0.337 e. The molecule has 0 radical (unpaired) electrons. The highest BCUT2D eigenvalue weighted by Gasteiger charge is 2.24. The quantitative estimate of drug-likeness (QED) is 0.857. The molecule has 0 spiro atoms. The van der Waals surface area contributed by atoms with Gasteiger partial charge < -0.3 is 10.2 Å². The van der Waals surface area contributed by atoms with Crippen molar-refractivity contribution in [1.29, 1.82) is 0 Å². The van der Waals surface area contributed by atoms with Gasteiger partial charge in [0.25, 0.3) is 0 Å². The first-order chi connectivity index (χ1) is 7.29. The van der Waals surface area contributed by atoms with Crippen molar-refractivity contribution in [1.82, 2.24) is 0 Å². The van der Waals surface area contributed by atoms with Crippen molar-refractivity contribution < 1.29 is 19.8 Å². The topological polar surface area (TPSA) is 74.6 Å². The largest absolute Gasteiger partial charge is 0.478 e. The van der Waals surface area contributed by atoms with Gasteiger partial charge in [-0.1, -0.05) is 0 Å². The van der Waals surface area contributed by atoms with Gasteiger partial charge in [0, 0.05) is 8.95 Å². The molecule has 16 heavy (non-hydrogen) atoms. The molecule has 1 aromatic carbocycles. The summed E-state index contributed by atoms with van der Waals surface area (Å²) in [6.45, 7) is 3.12. The lowest BCUT2D eigenvalue weighted by molar-refractivity contribution is 0.0678. The molecule has 0 aliphatic heterocycles. The molecule has 0 aromatic heterocycles. The highest BCUT2D eigenvalue weighted by atomic mass is 79.9. The number of carboxylic acid groups (broad SMARTS) is 2. The van der Waals surface area contributed by atoms with Gasteiger partial charge in [-0.3, -0.25) is 0 Å². The number of carboxylic acids is 2. The lowest BCUT2D eigenvalue weighted by Gasteiger charge is -2.13. The zero-order valence-corrected chi connectivity index (χ0v) is 11.6. The average molecular weight is 352 g/mol. The van der Waals surface area contributed by atoms with E-state index in [-0.39, 0.29) is 11.1 Å². The summed E-state index contributed by atoms with van der Waals surface area (Å²) in [6.07, 6.45) is 0. The monoisotopic (exact) mass is 350 g/mol. The fourth-order valence-corrected chi connectivity index (χ4v) is 2.76. The van der Waals surface area contributed by atoms with Crippen molar-refractivity contribution in [3.05, 3.63) is 31.2 Å². The molecule has 0 fully saturated rings. The van der Waals surface area contributed by atoms with Crippen LogP contribution in [0.3, 0.4) is 0 Å². The summed E-state index contributed by atoms with van der Waals surface area (Å²) >= 11 is 6.24. The second-order valence-electron chi connectivity index (χ2n) is 3.24. The number of hydrogen-bond donors (Lipinski definition) is 2. The van der Waals surface area contributed by atoms with Gasteiger partial charge in [-0.15, -0.1) is 0 Å². The van der Waals surface area contributed by atoms with Gasteiger partial charge in [-0.05, 0) is 56.8 Å². The number of carbonyl (C=O) groups is 2. The normalized spacial score (nSPS) is 10.2. The van der Waals surface area contributed by atoms with Crippen LogP contribution in [0, 0.1) is 13.8 Å². The summed E-state index contributed by atoms with van der Waals surface area (Å²) in [5.41, 5.74) is 0.938. The van der Waals surface area contributed by atoms with E-state index in [0.29, 0.717) is 20.1 Å². The van der Waals surface area contributed by atoms with Crippen LogP contribution in [0.2, 0.25) is 0 Å². The number of halogens is 2. The van der Waals surface area contributed by atoms with Gasteiger partial charge in [0.2, 0.25) is 0 Å². The molecule has 0 unspecified atom stereocenters. The summed E-state index contributed by atoms with van der Waals surface area (Å²) in [4.78, 5) is 22.1. The molecule has 86 valence electrons. The van der Waals surface area contributed by atoms with E-state index in [4.69, 9.17) is 10.2 Å². The Kier molecular flexibility index (Phi) is 3.75. The Labute approximate surface area is 109 Å². The van der Waals surface area contributed by atoms with Gasteiger partial charge in [-0.25, -0.2) is 9.59 Å². The van der Waals surface area contributed by atoms with Crippen LogP contribution in [0.4, 0.5) is 0 Å². The van der Waals surface area contributed by atoms with Crippen LogP contribution in [0.1, 0.15) is 31.8 Å². The minimum Gasteiger partial charge on any atom is -0.478 e. The number of benzene rings is 1. The first-order valence-electron chi connectivity index (χ1n) is 4.23. The lowest BCUT2D eigenvalue weighted by atomic mass is 10.00. The van der Waals surface area contributed by atoms with Crippen LogP contribution in [-0.2, 0) is 0 Å². The molecule has 1 aromatic rings. The summed E-state index contributed by atoms with van der Waals surface area (Å²) in [7, 11) is 0. The molecule has 0 aliphatic rings. The molecule has 0 saturated heterocycles. The van der Waals surface area contributed by atoms with E-state index in [1.165, 1.54) is 0 Å². The Bertz CT molecular complexity index is 420. The molecule has 0 aliphatic carbocycles. The van der Waals surface area contributed by atoms with Crippen LogP contribution in [0.5, 0.6) is 0 Å². The number of rotatable bonds is 2. The second-order valence-corrected chi connectivity index (χ2v) is 4.82. The highest BCUT2D eigenvalue weighted by Crippen LogP contribution is 2.34. The van der Waals surface area contributed by atoms with Crippen LogP contribution in [0.25, 0.3) is 0 Å². The summed E-state index contributed by atoms with van der Waals surface area (Å²) < 4.78 is 0.608. The lowest BCUT2D eigenvalue weighted by Crippen LogP contribution is -2.10. The first kappa shape index (κ1) is 13.2. The van der Waals surface area contributed by atoms with Crippen LogP contribution < -0.4 is 0 Å². The molecule has 1 rings (SSSR count). The standard InChI is InChI=1S/C10H8Br2O4/c1-3-5(9(13)14)8(12)4(2)6(7(3)11)10(15)16/h1-2H3,(H,13,14)(H,15,16). The Hall–Kier alpha value is -0.880. The smallest absolute Gasteiger partial charge is 0.337 e. The van der Waals surface area contributed by atoms with E-state index in [2.05, 4.69) is 31.9 Å². The minimum absolute atomic E-state index is 0.0781. The summed E-state index contributed by atoms with van der Waals surface area (Å²) in [6, 6.07) is 0. The van der Waals surface area contributed by atoms with E-state index >= 15 is 0 Å². The fraction of sp³-hybridized carbons (Fsp3) is 0.200. The predicted octanol–water partition coefficient (Wildman–Crippen LogP) is 3.22. The van der Waals surface area contributed by atoms with Crippen LogP contribution in [-0.4, -0.2) is 22.2 Å². The summed E-state index contributed by atoms with van der Waals surface area (Å²) in [5.74, 6) is -2.18. The predicted molar refractivity (Wildman–Crippen MR) is 65.2 cm³/mol. The van der Waals surface area contributed by atoms with Gasteiger partial charge in [0.15, 0.2) is 0 Å². The molecule has 0 bridgehead atoms. The van der Waals surface area contributed by atoms with Crippen LogP contribution in [0.15, 0.2) is 8.95 Å². The van der Waals surface area contributed by atoms with Crippen molar-refractivity contribution >= 4 is 43.8 Å². The zero-order valence-electron chi connectivity index (χ0n) is 8.47. The molecular weight excluding hydrogens is 344 g/mol. The third-order valence-electron chi connectivity index (χ3n) is 2.28. The number of aromatic carboxylic acids is 2. The molecule has 0 saturated carbocycles. The molecule has 2 N–H and O–H groups in total. The molecule has 0 atom stereocenters. The van der Waals surface area contributed by atoms with E-state index in [0.717, 1.165) is 0 Å². The van der Waals surface area contributed by atoms with Gasteiger partial charge in [-0.2, -0.15) is 0 Å². The van der Waals surface area contributed by atoms with Crippen molar-refractivity contribution in [2.45, 2.75) is 13.8 Å². The third-order valence-corrected chi connectivity index (χ3v) is 4.26. The Morgan fingerprint density at radius 2 is 1.12 bits per heavy atom. The van der Waals surface area contributed by atoms with E-state index < -0.39 is 11.9 Å². The second kappa shape index (κ2) is 4.55. The molecule has 0 amide bonds. The SMILES string of the molecule is Cc1c(Br)c(C(=O)O)c(C)c(Br)c1C(=O)O. The van der Waals surface area contributed by atoms with E-state index in [1.54, 1.807) is 13.8 Å². The van der Waals surface area contributed by atoms with Crippen molar-refractivity contribution in [3.63, 3.8) is 0 Å². The van der Waals surface area contributed by atoms with Gasteiger partial charge >= 0.3 is 11.9 Å². The van der Waals surface area contributed by atoms with Gasteiger partial charge in [0.05, 0.1) is 11.1 Å². The molecule has 0 heterocycles. The molecular formula is C10H8Br2O4. The van der Waals surface area contributed by atoms with Crippen molar-refractivity contribution in [2.75, 3.05) is 0 Å². The molecule has 6 heteroatoms. The Morgan fingerprint density at radius 1 is 0.875 bits per heavy atom. The van der Waals surface area contributed by atoms with E-state index in [1.807, 2.05) is 0 Å². The third kappa shape index (κ3) is 1.99. The minimum atomic E-state index is -1.09. The first-order valence-corrected chi connectivity index (χ1v) is 5.82. The highest BCUT2D eigenvalue weighted by molar-refractivity contribution is 9.11. The zero-order chi connectivity index (χ0) is 12.6. The maximum atomic E-state index is 11.0. The maximum absolute atomic E-state index is 11.0.